The van der Waals surface area contributed by atoms with Crippen molar-refractivity contribution in [2.45, 2.75) is 13.3 Å². The number of anilines is 2. The van der Waals surface area contributed by atoms with Crippen molar-refractivity contribution >= 4 is 27.3 Å². The molecule has 0 bridgehead atoms. The summed E-state index contributed by atoms with van der Waals surface area (Å²) < 4.78 is 25.2. The molecule has 0 saturated carbocycles. The van der Waals surface area contributed by atoms with Crippen LogP contribution in [0, 0.1) is 6.92 Å². The van der Waals surface area contributed by atoms with E-state index < -0.39 is 10.0 Å². The lowest BCUT2D eigenvalue weighted by Gasteiger charge is -2.20. The SMILES string of the molecule is Cc1ccc(N(C)C(=O)c2ccc3c(c2)N(S(C)(=O)=O)CC3)cc1. The maximum Gasteiger partial charge on any atom is 0.258 e. The summed E-state index contributed by atoms with van der Waals surface area (Å²) in [5, 5.41) is 0. The number of hydrogen-bond donors (Lipinski definition) is 0. The second kappa shape index (κ2) is 5.94. The van der Waals surface area contributed by atoms with Gasteiger partial charge in [-0.2, -0.15) is 0 Å². The van der Waals surface area contributed by atoms with Crippen molar-refractivity contribution < 1.29 is 13.2 Å². The largest absolute Gasteiger partial charge is 0.311 e. The molecule has 0 atom stereocenters. The highest BCUT2D eigenvalue weighted by molar-refractivity contribution is 7.92. The fourth-order valence-corrected chi connectivity index (χ4v) is 3.86. The van der Waals surface area contributed by atoms with Gasteiger partial charge in [0.05, 0.1) is 11.9 Å². The van der Waals surface area contributed by atoms with Crippen molar-refractivity contribution in [3.8, 4) is 0 Å². The zero-order valence-corrected chi connectivity index (χ0v) is 14.8. The molecule has 0 aromatic heterocycles. The standard InChI is InChI=1S/C18H20N2O3S/c1-13-4-8-16(9-5-13)19(2)18(21)15-7-6-14-10-11-20(17(14)12-15)24(3,22)23/h4-9,12H,10-11H2,1-3H3. The van der Waals surface area contributed by atoms with Gasteiger partial charge < -0.3 is 4.90 Å². The first-order chi connectivity index (χ1) is 11.3. The minimum Gasteiger partial charge on any atom is -0.311 e. The zero-order chi connectivity index (χ0) is 17.5. The highest BCUT2D eigenvalue weighted by Gasteiger charge is 2.27. The molecular formula is C18H20N2O3S. The predicted octanol–water partition coefficient (Wildman–Crippen LogP) is 2.59. The van der Waals surface area contributed by atoms with E-state index in [-0.39, 0.29) is 5.91 Å². The van der Waals surface area contributed by atoms with Crippen LogP contribution < -0.4 is 9.21 Å². The number of carbonyl (C=O) groups is 1. The number of nitrogens with zero attached hydrogens (tertiary/aromatic N) is 2. The van der Waals surface area contributed by atoms with Crippen molar-refractivity contribution in [1.82, 2.24) is 0 Å². The van der Waals surface area contributed by atoms with E-state index in [0.717, 1.165) is 16.8 Å². The molecule has 0 radical (unpaired) electrons. The number of aryl methyl sites for hydroxylation is 1. The van der Waals surface area contributed by atoms with Crippen molar-refractivity contribution in [3.63, 3.8) is 0 Å². The van der Waals surface area contributed by atoms with Crippen LogP contribution in [0.4, 0.5) is 11.4 Å². The number of carbonyl (C=O) groups excluding carboxylic acids is 1. The lowest BCUT2D eigenvalue weighted by molar-refractivity contribution is 0.0993. The first-order valence-electron chi connectivity index (χ1n) is 7.73. The van der Waals surface area contributed by atoms with E-state index in [0.29, 0.717) is 24.2 Å². The van der Waals surface area contributed by atoms with E-state index in [4.69, 9.17) is 0 Å². The van der Waals surface area contributed by atoms with Crippen LogP contribution in [0.5, 0.6) is 0 Å². The van der Waals surface area contributed by atoms with E-state index in [1.54, 1.807) is 24.1 Å². The first kappa shape index (κ1) is 16.5. The summed E-state index contributed by atoms with van der Waals surface area (Å²) in [6.45, 7) is 2.42. The zero-order valence-electron chi connectivity index (χ0n) is 14.0. The fourth-order valence-electron chi connectivity index (χ4n) is 2.91. The lowest BCUT2D eigenvalue weighted by Crippen LogP contribution is -2.29. The van der Waals surface area contributed by atoms with Gasteiger partial charge in [0.15, 0.2) is 0 Å². The Morgan fingerprint density at radius 2 is 1.79 bits per heavy atom. The molecule has 2 aromatic rings. The second-order valence-corrected chi connectivity index (χ2v) is 8.04. The third kappa shape index (κ3) is 3.01. The van der Waals surface area contributed by atoms with Gasteiger partial charge in [0.1, 0.15) is 0 Å². The average Bonchev–Trinajstić information content (AvgIpc) is 2.97. The molecule has 5 nitrogen and oxygen atoms in total. The molecule has 0 unspecified atom stereocenters. The monoisotopic (exact) mass is 344 g/mol. The average molecular weight is 344 g/mol. The summed E-state index contributed by atoms with van der Waals surface area (Å²) in [6.07, 6.45) is 1.86. The Balaban J connectivity index is 1.93. The van der Waals surface area contributed by atoms with Gasteiger partial charge in [0, 0.05) is 24.8 Å². The number of benzene rings is 2. The van der Waals surface area contributed by atoms with Gasteiger partial charge in [-0.1, -0.05) is 23.8 Å². The summed E-state index contributed by atoms with van der Waals surface area (Å²) in [4.78, 5) is 14.3. The molecule has 1 aliphatic heterocycles. The van der Waals surface area contributed by atoms with E-state index >= 15 is 0 Å². The second-order valence-electron chi connectivity index (χ2n) is 6.13. The van der Waals surface area contributed by atoms with Gasteiger partial charge in [-0.05, 0) is 43.2 Å². The molecule has 126 valence electrons. The third-order valence-electron chi connectivity index (χ3n) is 4.31. The van der Waals surface area contributed by atoms with Crippen LogP contribution >= 0.6 is 0 Å². The number of rotatable bonds is 3. The molecule has 0 saturated heterocycles. The van der Waals surface area contributed by atoms with Crippen molar-refractivity contribution in [2.24, 2.45) is 0 Å². The summed E-state index contributed by atoms with van der Waals surface area (Å²) >= 11 is 0. The van der Waals surface area contributed by atoms with E-state index in [1.165, 1.54) is 10.6 Å². The molecule has 0 fully saturated rings. The molecule has 0 N–H and O–H groups in total. The van der Waals surface area contributed by atoms with E-state index in [1.807, 2.05) is 37.3 Å². The van der Waals surface area contributed by atoms with Gasteiger partial charge in [-0.15, -0.1) is 0 Å². The van der Waals surface area contributed by atoms with Crippen LogP contribution in [0.1, 0.15) is 21.5 Å². The topological polar surface area (TPSA) is 57.7 Å². The number of fused-ring (bicyclic) bond motifs is 1. The van der Waals surface area contributed by atoms with E-state index in [2.05, 4.69) is 0 Å². The molecule has 24 heavy (non-hydrogen) atoms. The maximum atomic E-state index is 12.7. The molecule has 2 aromatic carbocycles. The Labute approximate surface area is 142 Å². The van der Waals surface area contributed by atoms with Crippen LogP contribution in [0.15, 0.2) is 42.5 Å². The van der Waals surface area contributed by atoms with Crippen molar-refractivity contribution in [3.05, 3.63) is 59.2 Å². The number of sulfonamides is 1. The smallest absolute Gasteiger partial charge is 0.258 e. The van der Waals surface area contributed by atoms with Gasteiger partial charge >= 0.3 is 0 Å². The fraction of sp³-hybridized carbons (Fsp3) is 0.278. The normalized spacial score (nSPS) is 13.7. The number of amides is 1. The van der Waals surface area contributed by atoms with Crippen molar-refractivity contribution in [2.75, 3.05) is 29.1 Å². The summed E-state index contributed by atoms with van der Waals surface area (Å²) in [6, 6.07) is 13.0. The molecule has 0 aliphatic carbocycles. The first-order valence-corrected chi connectivity index (χ1v) is 9.57. The summed E-state index contributed by atoms with van der Waals surface area (Å²) in [7, 11) is -1.61. The molecule has 6 heteroatoms. The Hall–Kier alpha value is -2.34. The Bertz CT molecular complexity index is 889. The van der Waals surface area contributed by atoms with Gasteiger partial charge in [-0.25, -0.2) is 8.42 Å². The van der Waals surface area contributed by atoms with Gasteiger partial charge in [-0.3, -0.25) is 9.10 Å². The molecule has 3 rings (SSSR count). The third-order valence-corrected chi connectivity index (χ3v) is 5.49. The predicted molar refractivity (Wildman–Crippen MR) is 96.2 cm³/mol. The van der Waals surface area contributed by atoms with Crippen molar-refractivity contribution in [1.29, 1.82) is 0 Å². The van der Waals surface area contributed by atoms with Crippen LogP contribution in [0.25, 0.3) is 0 Å². The molecule has 1 amide bonds. The Morgan fingerprint density at radius 1 is 1.12 bits per heavy atom. The maximum absolute atomic E-state index is 12.7. The lowest BCUT2D eigenvalue weighted by atomic mass is 10.1. The minimum atomic E-state index is -3.33. The summed E-state index contributed by atoms with van der Waals surface area (Å²) in [5.41, 5.74) is 3.97. The molecule has 1 heterocycles. The minimum absolute atomic E-state index is 0.165. The summed E-state index contributed by atoms with van der Waals surface area (Å²) in [5.74, 6) is -0.165. The van der Waals surface area contributed by atoms with Crippen LogP contribution in [0.2, 0.25) is 0 Å². The molecular weight excluding hydrogens is 324 g/mol. The van der Waals surface area contributed by atoms with Gasteiger partial charge in [0.2, 0.25) is 10.0 Å². The van der Waals surface area contributed by atoms with E-state index in [9.17, 15) is 13.2 Å². The highest BCUT2D eigenvalue weighted by atomic mass is 32.2. The molecule has 0 spiro atoms. The Morgan fingerprint density at radius 3 is 2.42 bits per heavy atom. The molecule has 1 aliphatic rings. The van der Waals surface area contributed by atoms with Crippen LogP contribution in [0.3, 0.4) is 0 Å². The Kier molecular flexibility index (Phi) is 4.09. The quantitative estimate of drug-likeness (QED) is 0.860. The highest BCUT2D eigenvalue weighted by Crippen LogP contribution is 2.31. The van der Waals surface area contributed by atoms with Crippen LogP contribution in [-0.4, -0.2) is 34.2 Å². The van der Waals surface area contributed by atoms with Crippen LogP contribution in [-0.2, 0) is 16.4 Å². The number of hydrogen-bond acceptors (Lipinski definition) is 3. The van der Waals surface area contributed by atoms with Gasteiger partial charge in [0.25, 0.3) is 5.91 Å².